The largest absolute Gasteiger partial charge is 0.464 e. The van der Waals surface area contributed by atoms with E-state index in [1.165, 1.54) is 0 Å². The summed E-state index contributed by atoms with van der Waals surface area (Å²) in [5, 5.41) is 2.51. The summed E-state index contributed by atoms with van der Waals surface area (Å²) in [5.74, 6) is -0.0327. The predicted molar refractivity (Wildman–Crippen MR) is 95.4 cm³/mol. The minimum atomic E-state index is -0.610. The summed E-state index contributed by atoms with van der Waals surface area (Å²) in [6.45, 7) is 1.95. The Kier molecular flexibility index (Phi) is 3.77. The Balaban J connectivity index is 2.00. The van der Waals surface area contributed by atoms with Crippen LogP contribution in [0, 0.1) is 0 Å². The Morgan fingerprint density at radius 1 is 1.36 bits per heavy atom. The number of fused-ring (bicyclic) bond motifs is 1. The van der Waals surface area contributed by atoms with Crippen LogP contribution in [0.3, 0.4) is 0 Å². The van der Waals surface area contributed by atoms with E-state index in [1.807, 2.05) is 29.6 Å². The van der Waals surface area contributed by atoms with E-state index in [-0.39, 0.29) is 23.8 Å². The lowest BCUT2D eigenvalue weighted by Gasteiger charge is -2.03. The van der Waals surface area contributed by atoms with Crippen molar-refractivity contribution in [1.82, 2.24) is 4.98 Å². The number of aromatic nitrogens is 1. The number of anilines is 1. The van der Waals surface area contributed by atoms with Crippen molar-refractivity contribution in [2.24, 2.45) is 0 Å². The van der Waals surface area contributed by atoms with Gasteiger partial charge in [-0.05, 0) is 36.6 Å². The van der Waals surface area contributed by atoms with Gasteiger partial charge in [0.1, 0.15) is 5.76 Å². The maximum atomic E-state index is 12.1. The molecule has 0 spiro atoms. The molecule has 4 rings (SSSR count). The van der Waals surface area contributed by atoms with Gasteiger partial charge in [-0.25, -0.2) is 9.78 Å². The van der Waals surface area contributed by atoms with Gasteiger partial charge < -0.3 is 19.3 Å². The molecule has 4 aromatic rings. The lowest BCUT2D eigenvalue weighted by atomic mass is 10.1. The molecule has 7 heteroatoms. The summed E-state index contributed by atoms with van der Waals surface area (Å²) < 4.78 is 16.2. The van der Waals surface area contributed by atoms with Gasteiger partial charge in [0.15, 0.2) is 0 Å². The second-order valence-corrected chi connectivity index (χ2v) is 6.20. The van der Waals surface area contributed by atoms with Crippen molar-refractivity contribution in [1.29, 1.82) is 0 Å². The van der Waals surface area contributed by atoms with Gasteiger partial charge in [0, 0.05) is 5.56 Å². The fourth-order valence-electron chi connectivity index (χ4n) is 2.65. The van der Waals surface area contributed by atoms with Gasteiger partial charge in [-0.1, -0.05) is 6.07 Å². The molecule has 0 atom stereocenters. The van der Waals surface area contributed by atoms with E-state index in [4.69, 9.17) is 19.3 Å². The van der Waals surface area contributed by atoms with Gasteiger partial charge in [0.2, 0.25) is 11.5 Å². The maximum Gasteiger partial charge on any atom is 0.376 e. The van der Waals surface area contributed by atoms with E-state index < -0.39 is 5.97 Å². The minimum absolute atomic E-state index is 0.0412. The van der Waals surface area contributed by atoms with Gasteiger partial charge in [0.25, 0.3) is 0 Å². The number of pyridine rings is 1. The topological polar surface area (TPSA) is 91.5 Å². The number of hydrogen-bond donors (Lipinski definition) is 1. The zero-order valence-corrected chi connectivity index (χ0v) is 14.1. The molecule has 126 valence electrons. The third kappa shape index (κ3) is 2.58. The molecule has 4 heterocycles. The Hall–Kier alpha value is -3.06. The summed E-state index contributed by atoms with van der Waals surface area (Å²) in [5.41, 5.74) is 8.09. The Morgan fingerprint density at radius 2 is 2.24 bits per heavy atom. The second-order valence-electron chi connectivity index (χ2n) is 5.26. The summed E-state index contributed by atoms with van der Waals surface area (Å²) in [4.78, 5) is 17.6. The average Bonchev–Trinajstić information content (AvgIpc) is 3.36. The third-order valence-corrected chi connectivity index (χ3v) is 4.61. The number of nitrogen functional groups attached to an aromatic ring is 1. The number of esters is 1. The summed E-state index contributed by atoms with van der Waals surface area (Å²) in [6.07, 6.45) is 1.58. The van der Waals surface area contributed by atoms with Crippen LogP contribution in [0.25, 0.3) is 33.0 Å². The highest BCUT2D eigenvalue weighted by Gasteiger charge is 2.25. The third-order valence-electron chi connectivity index (χ3n) is 3.72. The first kappa shape index (κ1) is 15.5. The minimum Gasteiger partial charge on any atom is -0.464 e. The zero-order valence-electron chi connectivity index (χ0n) is 13.3. The van der Waals surface area contributed by atoms with Crippen LogP contribution < -0.4 is 5.73 Å². The van der Waals surface area contributed by atoms with E-state index in [9.17, 15) is 4.79 Å². The average molecular weight is 354 g/mol. The highest BCUT2D eigenvalue weighted by molar-refractivity contribution is 7.13. The van der Waals surface area contributed by atoms with Crippen LogP contribution in [-0.4, -0.2) is 17.6 Å². The van der Waals surface area contributed by atoms with Crippen LogP contribution in [-0.2, 0) is 4.74 Å². The number of carbonyl (C=O) groups is 1. The summed E-state index contributed by atoms with van der Waals surface area (Å²) >= 11 is 1.56. The van der Waals surface area contributed by atoms with E-state index >= 15 is 0 Å². The summed E-state index contributed by atoms with van der Waals surface area (Å²) in [6, 6.07) is 9.40. The van der Waals surface area contributed by atoms with Crippen molar-refractivity contribution in [2.75, 3.05) is 12.3 Å². The molecule has 0 bridgehead atoms. The van der Waals surface area contributed by atoms with E-state index in [2.05, 4.69) is 4.98 Å². The van der Waals surface area contributed by atoms with Crippen molar-refractivity contribution >= 4 is 34.1 Å². The Bertz CT molecular complexity index is 1030. The second kappa shape index (κ2) is 6.10. The molecule has 0 radical (unpaired) electrons. The van der Waals surface area contributed by atoms with Gasteiger partial charge >= 0.3 is 5.97 Å². The number of furan rings is 2. The molecule has 0 amide bonds. The SMILES string of the molecule is CCOC(=O)c1oc2nc(-c3cccs3)cc(-c3ccco3)c2c1N. The van der Waals surface area contributed by atoms with E-state index in [0.29, 0.717) is 11.1 Å². The standard InChI is InChI=1S/C18H14N2O4S/c1-2-22-18(21)16-15(19)14-10(12-5-3-7-23-12)9-11(20-17(14)24-16)13-6-4-8-25-13/h3-9H,2,19H2,1H3. The van der Waals surface area contributed by atoms with E-state index in [0.717, 1.165) is 16.1 Å². The molecule has 0 unspecified atom stereocenters. The number of ether oxygens (including phenoxy) is 1. The smallest absolute Gasteiger partial charge is 0.376 e. The van der Waals surface area contributed by atoms with Crippen LogP contribution in [0.4, 0.5) is 5.69 Å². The Morgan fingerprint density at radius 3 is 2.92 bits per heavy atom. The van der Waals surface area contributed by atoms with Crippen molar-refractivity contribution < 1.29 is 18.4 Å². The molecule has 0 aromatic carbocycles. The van der Waals surface area contributed by atoms with Crippen LogP contribution in [0.15, 0.2) is 50.8 Å². The first-order valence-corrected chi connectivity index (χ1v) is 8.55. The molecule has 25 heavy (non-hydrogen) atoms. The fourth-order valence-corrected chi connectivity index (χ4v) is 3.33. The van der Waals surface area contributed by atoms with Crippen LogP contribution >= 0.6 is 11.3 Å². The molecule has 0 aliphatic carbocycles. The van der Waals surface area contributed by atoms with Gasteiger partial charge in [-0.15, -0.1) is 11.3 Å². The van der Waals surface area contributed by atoms with Crippen molar-refractivity contribution in [3.63, 3.8) is 0 Å². The number of rotatable bonds is 4. The van der Waals surface area contributed by atoms with E-state index in [1.54, 1.807) is 30.6 Å². The summed E-state index contributed by atoms with van der Waals surface area (Å²) in [7, 11) is 0. The monoisotopic (exact) mass is 354 g/mol. The number of nitrogens with zero attached hydrogens (tertiary/aromatic N) is 1. The van der Waals surface area contributed by atoms with Gasteiger partial charge in [-0.2, -0.15) is 0 Å². The molecule has 2 N–H and O–H groups in total. The number of nitrogens with two attached hydrogens (primary N) is 1. The maximum absolute atomic E-state index is 12.1. The quantitative estimate of drug-likeness (QED) is 0.540. The molecule has 6 nitrogen and oxygen atoms in total. The number of carbonyl (C=O) groups excluding carboxylic acids is 1. The molecular formula is C18H14N2O4S. The van der Waals surface area contributed by atoms with Crippen molar-refractivity contribution in [3.05, 3.63) is 47.7 Å². The number of hydrogen-bond acceptors (Lipinski definition) is 7. The van der Waals surface area contributed by atoms with Crippen molar-refractivity contribution in [2.45, 2.75) is 6.92 Å². The van der Waals surface area contributed by atoms with Crippen LogP contribution in [0.5, 0.6) is 0 Å². The first-order chi connectivity index (χ1) is 12.2. The molecule has 4 aromatic heterocycles. The van der Waals surface area contributed by atoms with Gasteiger partial charge in [0.05, 0.1) is 34.5 Å². The predicted octanol–water partition coefficient (Wildman–Crippen LogP) is 4.58. The molecule has 0 aliphatic heterocycles. The number of thiophene rings is 1. The first-order valence-electron chi connectivity index (χ1n) is 7.67. The molecular weight excluding hydrogens is 340 g/mol. The molecule has 0 fully saturated rings. The molecule has 0 saturated carbocycles. The normalized spacial score (nSPS) is 11.1. The van der Waals surface area contributed by atoms with Gasteiger partial charge in [-0.3, -0.25) is 0 Å². The molecule has 0 aliphatic rings. The zero-order chi connectivity index (χ0) is 17.4. The Labute approximate surface area is 146 Å². The highest BCUT2D eigenvalue weighted by Crippen LogP contribution is 2.39. The highest BCUT2D eigenvalue weighted by atomic mass is 32.1. The molecule has 0 saturated heterocycles. The lowest BCUT2D eigenvalue weighted by molar-refractivity contribution is 0.0494. The van der Waals surface area contributed by atoms with Crippen LogP contribution in [0.2, 0.25) is 0 Å². The van der Waals surface area contributed by atoms with Crippen molar-refractivity contribution in [3.8, 4) is 21.9 Å². The lowest BCUT2D eigenvalue weighted by Crippen LogP contribution is -2.05. The van der Waals surface area contributed by atoms with Crippen LogP contribution in [0.1, 0.15) is 17.5 Å². The fraction of sp³-hybridized carbons (Fsp3) is 0.111.